The van der Waals surface area contributed by atoms with Crippen LogP contribution < -0.4 is 0 Å². The number of Topliss-reactive ketones (excluding diaryl/α,β-unsaturated/α-hetero) is 1. The molecule has 0 aliphatic rings. The van der Waals surface area contributed by atoms with E-state index in [1.54, 1.807) is 37.3 Å². The summed E-state index contributed by atoms with van der Waals surface area (Å²) in [6.07, 6.45) is 8.22. The second-order valence-corrected chi connectivity index (χ2v) is 5.24. The standard InChI is InChI=1S/C19H26O3/c1-3-5-6-7-8-12-15-17(19(21)22-4-2)18(20)16-13-10-9-11-14-16/h9-11,13-15H,3-8,12H2,1-2H3/b17-15+. The first-order chi connectivity index (χ1) is 10.7. The Morgan fingerprint density at radius 2 is 1.68 bits per heavy atom. The number of esters is 1. The van der Waals surface area contributed by atoms with Gasteiger partial charge >= 0.3 is 5.97 Å². The fraction of sp³-hybridized carbons (Fsp3) is 0.474. The summed E-state index contributed by atoms with van der Waals surface area (Å²) in [7, 11) is 0. The van der Waals surface area contributed by atoms with Gasteiger partial charge in [-0.2, -0.15) is 0 Å². The van der Waals surface area contributed by atoms with E-state index < -0.39 is 5.97 Å². The van der Waals surface area contributed by atoms with Crippen LogP contribution >= 0.6 is 0 Å². The van der Waals surface area contributed by atoms with E-state index in [0.717, 1.165) is 19.3 Å². The van der Waals surface area contributed by atoms with Crippen LogP contribution in [0.3, 0.4) is 0 Å². The molecule has 0 bridgehead atoms. The van der Waals surface area contributed by atoms with Crippen LogP contribution in [0, 0.1) is 0 Å². The van der Waals surface area contributed by atoms with E-state index in [0.29, 0.717) is 5.56 Å². The molecule has 3 nitrogen and oxygen atoms in total. The number of ether oxygens (including phenoxy) is 1. The van der Waals surface area contributed by atoms with Crippen molar-refractivity contribution in [2.75, 3.05) is 6.61 Å². The Balaban J connectivity index is 2.71. The molecule has 0 amide bonds. The molecule has 0 fully saturated rings. The zero-order valence-corrected chi connectivity index (χ0v) is 13.6. The molecule has 0 atom stereocenters. The highest BCUT2D eigenvalue weighted by Gasteiger charge is 2.20. The van der Waals surface area contributed by atoms with E-state index in [-0.39, 0.29) is 18.0 Å². The SMILES string of the molecule is CCCCCCC/C=C(/C(=O)OCC)C(=O)c1ccccc1. The van der Waals surface area contributed by atoms with Crippen LogP contribution in [-0.4, -0.2) is 18.4 Å². The third kappa shape index (κ3) is 6.25. The Bertz CT molecular complexity index is 489. The van der Waals surface area contributed by atoms with Gasteiger partial charge in [-0.25, -0.2) is 4.79 Å². The van der Waals surface area contributed by atoms with E-state index >= 15 is 0 Å². The number of carbonyl (C=O) groups excluding carboxylic acids is 2. The lowest BCUT2D eigenvalue weighted by atomic mass is 10.0. The fourth-order valence-corrected chi connectivity index (χ4v) is 2.22. The molecule has 22 heavy (non-hydrogen) atoms. The van der Waals surface area contributed by atoms with Gasteiger partial charge in [-0.3, -0.25) is 4.79 Å². The third-order valence-electron chi connectivity index (χ3n) is 3.43. The monoisotopic (exact) mass is 302 g/mol. The van der Waals surface area contributed by atoms with Gasteiger partial charge in [-0.05, 0) is 19.8 Å². The normalized spacial score (nSPS) is 11.3. The molecule has 3 heteroatoms. The quantitative estimate of drug-likeness (QED) is 0.157. The molecular weight excluding hydrogens is 276 g/mol. The Hall–Kier alpha value is -1.90. The lowest BCUT2D eigenvalue weighted by Crippen LogP contribution is -2.16. The summed E-state index contributed by atoms with van der Waals surface area (Å²) >= 11 is 0. The highest BCUT2D eigenvalue weighted by atomic mass is 16.5. The van der Waals surface area contributed by atoms with Gasteiger partial charge in [0.05, 0.1) is 6.61 Å². The number of ketones is 1. The maximum Gasteiger partial charge on any atom is 0.341 e. The van der Waals surface area contributed by atoms with Crippen LogP contribution in [0.5, 0.6) is 0 Å². The van der Waals surface area contributed by atoms with Gasteiger partial charge < -0.3 is 4.74 Å². The van der Waals surface area contributed by atoms with Crippen molar-refractivity contribution in [2.24, 2.45) is 0 Å². The number of hydrogen-bond donors (Lipinski definition) is 0. The van der Waals surface area contributed by atoms with Crippen molar-refractivity contribution in [1.82, 2.24) is 0 Å². The molecule has 0 aromatic heterocycles. The van der Waals surface area contributed by atoms with Gasteiger partial charge in [0.25, 0.3) is 0 Å². The summed E-state index contributed by atoms with van der Waals surface area (Å²) in [5.74, 6) is -0.780. The predicted octanol–water partition coefficient (Wildman–Crippen LogP) is 4.72. The van der Waals surface area contributed by atoms with Crippen molar-refractivity contribution in [3.8, 4) is 0 Å². The second kappa shape index (κ2) is 10.8. The van der Waals surface area contributed by atoms with Gasteiger partial charge in [0.1, 0.15) is 5.57 Å². The van der Waals surface area contributed by atoms with Crippen LogP contribution in [0.25, 0.3) is 0 Å². The van der Waals surface area contributed by atoms with Crippen LogP contribution in [0.15, 0.2) is 42.0 Å². The molecule has 0 radical (unpaired) electrons. The van der Waals surface area contributed by atoms with Crippen molar-refractivity contribution in [2.45, 2.75) is 52.4 Å². The summed E-state index contributed by atoms with van der Waals surface area (Å²) in [5, 5.41) is 0. The molecule has 0 saturated carbocycles. The topological polar surface area (TPSA) is 43.4 Å². The summed E-state index contributed by atoms with van der Waals surface area (Å²) in [5.41, 5.74) is 0.677. The number of allylic oxidation sites excluding steroid dienone is 1. The largest absolute Gasteiger partial charge is 0.462 e. The molecule has 120 valence electrons. The Morgan fingerprint density at radius 1 is 1.00 bits per heavy atom. The zero-order valence-electron chi connectivity index (χ0n) is 13.6. The van der Waals surface area contributed by atoms with Crippen molar-refractivity contribution in [3.63, 3.8) is 0 Å². The summed E-state index contributed by atoms with van der Waals surface area (Å²) < 4.78 is 5.01. The van der Waals surface area contributed by atoms with Crippen molar-refractivity contribution in [1.29, 1.82) is 0 Å². The maximum absolute atomic E-state index is 12.5. The van der Waals surface area contributed by atoms with Gasteiger partial charge in [-0.1, -0.05) is 69.0 Å². The predicted molar refractivity (Wildman–Crippen MR) is 88.9 cm³/mol. The third-order valence-corrected chi connectivity index (χ3v) is 3.43. The number of unbranched alkanes of at least 4 members (excludes halogenated alkanes) is 5. The molecule has 1 aromatic carbocycles. The van der Waals surface area contributed by atoms with Crippen molar-refractivity contribution < 1.29 is 14.3 Å². The molecule has 0 heterocycles. The van der Waals surface area contributed by atoms with E-state index in [4.69, 9.17) is 4.74 Å². The minimum atomic E-state index is -0.523. The molecule has 0 N–H and O–H groups in total. The number of benzene rings is 1. The molecule has 0 aliphatic carbocycles. The minimum Gasteiger partial charge on any atom is -0.462 e. The van der Waals surface area contributed by atoms with Gasteiger partial charge in [-0.15, -0.1) is 0 Å². The minimum absolute atomic E-state index is 0.156. The number of hydrogen-bond acceptors (Lipinski definition) is 3. The Labute approximate surface area is 133 Å². The van der Waals surface area contributed by atoms with Crippen molar-refractivity contribution >= 4 is 11.8 Å². The number of rotatable bonds is 10. The molecular formula is C19H26O3. The molecule has 0 unspecified atom stereocenters. The highest BCUT2D eigenvalue weighted by Crippen LogP contribution is 2.13. The highest BCUT2D eigenvalue weighted by molar-refractivity contribution is 6.24. The van der Waals surface area contributed by atoms with E-state index in [9.17, 15) is 9.59 Å². The lowest BCUT2D eigenvalue weighted by Gasteiger charge is -2.07. The van der Waals surface area contributed by atoms with Crippen LogP contribution in [-0.2, 0) is 9.53 Å². The first kappa shape index (κ1) is 18.1. The average molecular weight is 302 g/mol. The molecule has 0 aliphatic heterocycles. The van der Waals surface area contributed by atoms with Crippen LogP contribution in [0.2, 0.25) is 0 Å². The number of carbonyl (C=O) groups is 2. The first-order valence-electron chi connectivity index (χ1n) is 8.17. The van der Waals surface area contributed by atoms with E-state index in [1.807, 2.05) is 6.07 Å². The van der Waals surface area contributed by atoms with Crippen molar-refractivity contribution in [3.05, 3.63) is 47.5 Å². The summed E-state index contributed by atoms with van der Waals surface area (Å²) in [4.78, 5) is 24.5. The Kier molecular flexibility index (Phi) is 8.89. The first-order valence-corrected chi connectivity index (χ1v) is 8.17. The smallest absolute Gasteiger partial charge is 0.341 e. The van der Waals surface area contributed by atoms with Crippen LogP contribution in [0.1, 0.15) is 62.7 Å². The zero-order chi connectivity index (χ0) is 16.2. The van der Waals surface area contributed by atoms with Gasteiger partial charge in [0, 0.05) is 5.56 Å². The molecule has 0 spiro atoms. The summed E-state index contributed by atoms with van der Waals surface area (Å²) in [6, 6.07) is 8.87. The van der Waals surface area contributed by atoms with Crippen LogP contribution in [0.4, 0.5) is 0 Å². The second-order valence-electron chi connectivity index (χ2n) is 5.24. The van der Waals surface area contributed by atoms with Gasteiger partial charge in [0.2, 0.25) is 0 Å². The molecule has 1 aromatic rings. The van der Waals surface area contributed by atoms with Gasteiger partial charge in [0.15, 0.2) is 5.78 Å². The molecule has 1 rings (SSSR count). The maximum atomic E-state index is 12.5. The molecule has 0 saturated heterocycles. The fourth-order valence-electron chi connectivity index (χ4n) is 2.22. The average Bonchev–Trinajstić information content (AvgIpc) is 2.54. The summed E-state index contributed by atoms with van der Waals surface area (Å²) in [6.45, 7) is 4.19. The lowest BCUT2D eigenvalue weighted by molar-refractivity contribution is -0.138. The van der Waals surface area contributed by atoms with E-state index in [1.165, 1.54) is 19.3 Å². The Morgan fingerprint density at radius 3 is 2.32 bits per heavy atom. The van der Waals surface area contributed by atoms with E-state index in [2.05, 4.69) is 6.92 Å².